The van der Waals surface area contributed by atoms with Gasteiger partial charge in [-0.3, -0.25) is 4.79 Å². The van der Waals surface area contributed by atoms with E-state index < -0.39 is 0 Å². The number of hydrogen-bond acceptors (Lipinski definition) is 3. The van der Waals surface area contributed by atoms with Gasteiger partial charge in [-0.25, -0.2) is 0 Å². The maximum atomic E-state index is 12.4. The lowest BCUT2D eigenvalue weighted by molar-refractivity contribution is -0.129. The molecule has 0 unspecified atom stereocenters. The highest BCUT2D eigenvalue weighted by Gasteiger charge is 2.41. The lowest BCUT2D eigenvalue weighted by atomic mass is 9.79. The van der Waals surface area contributed by atoms with E-state index >= 15 is 0 Å². The van der Waals surface area contributed by atoms with Gasteiger partial charge in [0.05, 0.1) is 16.8 Å². The van der Waals surface area contributed by atoms with E-state index in [9.17, 15) is 4.79 Å². The molecule has 0 saturated carbocycles. The highest BCUT2D eigenvalue weighted by molar-refractivity contribution is 6.00. The number of aryl methyl sites for hydroxylation is 1. The number of amides is 1. The minimum atomic E-state index is -0.314. The van der Waals surface area contributed by atoms with Crippen LogP contribution in [0.4, 0.5) is 11.4 Å². The molecule has 0 atom stereocenters. The molecule has 2 aliphatic rings. The van der Waals surface area contributed by atoms with E-state index in [1.807, 2.05) is 12.1 Å². The average Bonchev–Trinajstić information content (AvgIpc) is 2.51. The Balaban J connectivity index is 1.92. The molecule has 1 saturated heterocycles. The van der Waals surface area contributed by atoms with E-state index in [2.05, 4.69) is 23.6 Å². The summed E-state index contributed by atoms with van der Waals surface area (Å²) >= 11 is 0. The number of anilines is 2. The summed E-state index contributed by atoms with van der Waals surface area (Å²) in [5.74, 6) is 0.126. The van der Waals surface area contributed by atoms with E-state index in [-0.39, 0.29) is 11.3 Å². The van der Waals surface area contributed by atoms with Crippen molar-refractivity contribution in [3.8, 4) is 0 Å². The van der Waals surface area contributed by atoms with Gasteiger partial charge in [0.15, 0.2) is 0 Å². The number of hydrogen-bond donors (Lipinski definition) is 2. The molecule has 1 aromatic carbocycles. The smallest absolute Gasteiger partial charge is 0.232 e. The van der Waals surface area contributed by atoms with Gasteiger partial charge >= 0.3 is 0 Å². The molecule has 1 amide bonds. The zero-order valence-electron chi connectivity index (χ0n) is 10.6. The molecule has 1 aromatic rings. The van der Waals surface area contributed by atoms with Crippen LogP contribution < -0.4 is 10.6 Å². The Labute approximate surface area is 107 Å². The SMILES string of the molecule is Cc1ccc2c(c1)NCC1(CCOCC1)C(=O)N2. The van der Waals surface area contributed by atoms with Crippen LogP contribution in [-0.2, 0) is 9.53 Å². The summed E-state index contributed by atoms with van der Waals surface area (Å²) in [6.07, 6.45) is 1.58. The molecule has 3 rings (SSSR count). The predicted molar refractivity (Wildman–Crippen MR) is 70.8 cm³/mol. The summed E-state index contributed by atoms with van der Waals surface area (Å²) < 4.78 is 5.37. The molecule has 0 radical (unpaired) electrons. The average molecular weight is 246 g/mol. The molecule has 18 heavy (non-hydrogen) atoms. The van der Waals surface area contributed by atoms with Gasteiger partial charge in [0.2, 0.25) is 5.91 Å². The van der Waals surface area contributed by atoms with Crippen LogP contribution >= 0.6 is 0 Å². The van der Waals surface area contributed by atoms with Gasteiger partial charge in [-0.05, 0) is 37.5 Å². The van der Waals surface area contributed by atoms with Crippen LogP contribution in [0.25, 0.3) is 0 Å². The molecule has 4 nitrogen and oxygen atoms in total. The summed E-state index contributed by atoms with van der Waals surface area (Å²) in [5.41, 5.74) is 2.78. The normalized spacial score (nSPS) is 21.7. The van der Waals surface area contributed by atoms with Gasteiger partial charge in [0.25, 0.3) is 0 Å². The van der Waals surface area contributed by atoms with Gasteiger partial charge in [-0.2, -0.15) is 0 Å². The Bertz CT molecular complexity index is 479. The first-order valence-corrected chi connectivity index (χ1v) is 6.43. The zero-order chi connectivity index (χ0) is 12.6. The van der Waals surface area contributed by atoms with Crippen LogP contribution in [0.2, 0.25) is 0 Å². The van der Waals surface area contributed by atoms with Gasteiger partial charge in [-0.1, -0.05) is 6.07 Å². The number of rotatable bonds is 0. The lowest BCUT2D eigenvalue weighted by Crippen LogP contribution is -2.44. The fourth-order valence-electron chi connectivity index (χ4n) is 2.68. The zero-order valence-corrected chi connectivity index (χ0v) is 10.6. The number of nitrogens with one attached hydrogen (secondary N) is 2. The van der Waals surface area contributed by atoms with E-state index in [0.29, 0.717) is 19.8 Å². The number of carbonyl (C=O) groups excluding carboxylic acids is 1. The molecule has 96 valence electrons. The first kappa shape index (κ1) is 11.5. The minimum Gasteiger partial charge on any atom is -0.382 e. The quantitative estimate of drug-likeness (QED) is 0.737. The fraction of sp³-hybridized carbons (Fsp3) is 0.500. The van der Waals surface area contributed by atoms with Crippen LogP contribution in [0, 0.1) is 12.3 Å². The molecule has 2 heterocycles. The van der Waals surface area contributed by atoms with Crippen molar-refractivity contribution in [2.75, 3.05) is 30.4 Å². The van der Waals surface area contributed by atoms with Crippen molar-refractivity contribution < 1.29 is 9.53 Å². The molecule has 0 aromatic heterocycles. The highest BCUT2D eigenvalue weighted by Crippen LogP contribution is 2.37. The first-order chi connectivity index (χ1) is 8.70. The summed E-state index contributed by atoms with van der Waals surface area (Å²) in [7, 11) is 0. The lowest BCUT2D eigenvalue weighted by Gasteiger charge is -2.34. The Morgan fingerprint density at radius 2 is 2.00 bits per heavy atom. The molecule has 2 aliphatic heterocycles. The molecule has 0 bridgehead atoms. The third kappa shape index (κ3) is 1.86. The number of fused-ring (bicyclic) bond motifs is 1. The monoisotopic (exact) mass is 246 g/mol. The van der Waals surface area contributed by atoms with Gasteiger partial charge in [-0.15, -0.1) is 0 Å². The van der Waals surface area contributed by atoms with E-state index in [1.54, 1.807) is 0 Å². The van der Waals surface area contributed by atoms with Crippen LogP contribution in [0.3, 0.4) is 0 Å². The second-order valence-electron chi connectivity index (χ2n) is 5.25. The molecule has 1 fully saturated rings. The summed E-state index contributed by atoms with van der Waals surface area (Å²) in [5, 5.41) is 6.47. The van der Waals surface area contributed by atoms with Gasteiger partial charge in [0.1, 0.15) is 0 Å². The van der Waals surface area contributed by atoms with Crippen LogP contribution in [0.15, 0.2) is 18.2 Å². The van der Waals surface area contributed by atoms with Crippen molar-refractivity contribution in [3.05, 3.63) is 23.8 Å². The molecular weight excluding hydrogens is 228 g/mol. The van der Waals surface area contributed by atoms with Crippen LogP contribution in [-0.4, -0.2) is 25.7 Å². The third-order valence-electron chi connectivity index (χ3n) is 3.97. The topological polar surface area (TPSA) is 50.4 Å². The van der Waals surface area contributed by atoms with Crippen molar-refractivity contribution in [1.82, 2.24) is 0 Å². The Morgan fingerprint density at radius 1 is 1.22 bits per heavy atom. The van der Waals surface area contributed by atoms with Gasteiger partial charge < -0.3 is 15.4 Å². The van der Waals surface area contributed by atoms with E-state index in [0.717, 1.165) is 24.2 Å². The largest absolute Gasteiger partial charge is 0.382 e. The second-order valence-corrected chi connectivity index (χ2v) is 5.25. The third-order valence-corrected chi connectivity index (χ3v) is 3.97. The Morgan fingerprint density at radius 3 is 2.78 bits per heavy atom. The molecule has 1 spiro atoms. The Kier molecular flexibility index (Phi) is 2.74. The standard InChI is InChI=1S/C14H18N2O2/c1-10-2-3-11-12(8-10)15-9-14(13(17)16-11)4-6-18-7-5-14/h2-3,8,15H,4-7,9H2,1H3,(H,16,17). The predicted octanol–water partition coefficient (Wildman–Crippen LogP) is 2.16. The maximum absolute atomic E-state index is 12.4. The van der Waals surface area contributed by atoms with Crippen molar-refractivity contribution >= 4 is 17.3 Å². The minimum absolute atomic E-state index is 0.126. The highest BCUT2D eigenvalue weighted by atomic mass is 16.5. The summed E-state index contributed by atoms with van der Waals surface area (Å²) in [6, 6.07) is 6.06. The number of ether oxygens (including phenoxy) is 1. The molecular formula is C14H18N2O2. The number of carbonyl (C=O) groups is 1. The molecule has 2 N–H and O–H groups in total. The van der Waals surface area contributed by atoms with Crippen LogP contribution in [0.5, 0.6) is 0 Å². The van der Waals surface area contributed by atoms with E-state index in [4.69, 9.17) is 4.74 Å². The fourth-order valence-corrected chi connectivity index (χ4v) is 2.68. The van der Waals surface area contributed by atoms with Crippen molar-refractivity contribution in [2.24, 2.45) is 5.41 Å². The first-order valence-electron chi connectivity index (χ1n) is 6.43. The van der Waals surface area contributed by atoms with Crippen molar-refractivity contribution in [2.45, 2.75) is 19.8 Å². The van der Waals surface area contributed by atoms with Crippen molar-refractivity contribution in [3.63, 3.8) is 0 Å². The van der Waals surface area contributed by atoms with Gasteiger partial charge in [0, 0.05) is 19.8 Å². The summed E-state index contributed by atoms with van der Waals surface area (Å²) in [6.45, 7) is 4.09. The molecule has 4 heteroatoms. The van der Waals surface area contributed by atoms with E-state index in [1.165, 1.54) is 5.56 Å². The molecule has 0 aliphatic carbocycles. The summed E-state index contributed by atoms with van der Waals surface area (Å²) in [4.78, 5) is 12.4. The van der Waals surface area contributed by atoms with Crippen molar-refractivity contribution in [1.29, 1.82) is 0 Å². The van der Waals surface area contributed by atoms with Crippen LogP contribution in [0.1, 0.15) is 18.4 Å². The number of benzene rings is 1. The maximum Gasteiger partial charge on any atom is 0.232 e. The Hall–Kier alpha value is -1.55. The second kappa shape index (κ2) is 4.28.